The molecule has 0 aromatic heterocycles. The van der Waals surface area contributed by atoms with Crippen molar-refractivity contribution in [1.82, 2.24) is 0 Å². The molecule has 0 amide bonds. The van der Waals surface area contributed by atoms with Crippen LogP contribution in [0, 0.1) is 0 Å². The van der Waals surface area contributed by atoms with Crippen LogP contribution in [-0.4, -0.2) is 27.9 Å². The normalized spacial score (nSPS) is 28.0. The second-order valence-corrected chi connectivity index (χ2v) is 6.74. The van der Waals surface area contributed by atoms with E-state index in [9.17, 15) is 15.0 Å². The van der Waals surface area contributed by atoms with Crippen LogP contribution in [-0.2, 0) is 16.0 Å². The molecule has 23 heavy (non-hydrogen) atoms. The quantitative estimate of drug-likeness (QED) is 0.835. The third kappa shape index (κ3) is 3.75. The summed E-state index contributed by atoms with van der Waals surface area (Å²) in [6.45, 7) is 0. The third-order valence-corrected chi connectivity index (χ3v) is 4.99. The molecule has 1 saturated carbocycles. The third-order valence-electron chi connectivity index (χ3n) is 4.99. The number of hydrogen-bond acceptors (Lipinski definition) is 4. The van der Waals surface area contributed by atoms with E-state index in [1.165, 1.54) is 5.56 Å². The number of hydrogen-bond donors (Lipinski definition) is 2. The lowest BCUT2D eigenvalue weighted by Crippen LogP contribution is -2.44. The largest absolute Gasteiger partial charge is 0.512 e. The first-order valence-corrected chi connectivity index (χ1v) is 8.44. The number of carbonyl (C=O) groups excluding carboxylic acids is 1. The van der Waals surface area contributed by atoms with Gasteiger partial charge in [-0.05, 0) is 50.5 Å². The zero-order valence-corrected chi connectivity index (χ0v) is 13.3. The fourth-order valence-corrected chi connectivity index (χ4v) is 3.59. The molecule has 1 fully saturated rings. The van der Waals surface area contributed by atoms with E-state index in [0.717, 1.165) is 12.8 Å². The number of rotatable bonds is 4. The minimum atomic E-state index is -0.594. The predicted molar refractivity (Wildman–Crippen MR) is 86.9 cm³/mol. The average molecular weight is 316 g/mol. The Morgan fingerprint density at radius 3 is 2.48 bits per heavy atom. The van der Waals surface area contributed by atoms with Crippen molar-refractivity contribution in [3.63, 3.8) is 0 Å². The number of esters is 1. The molecule has 1 aliphatic carbocycles. The Hall–Kier alpha value is -1.81. The molecule has 1 spiro atoms. The molecule has 2 N–H and O–H groups in total. The first-order valence-electron chi connectivity index (χ1n) is 8.44. The van der Waals surface area contributed by atoms with Crippen LogP contribution in [0.1, 0.15) is 50.5 Å². The summed E-state index contributed by atoms with van der Waals surface area (Å²) in [5.41, 5.74) is 1.07. The first kappa shape index (κ1) is 16.1. The Balaban J connectivity index is 1.60. The van der Waals surface area contributed by atoms with Crippen LogP contribution in [0.4, 0.5) is 0 Å². The van der Waals surface area contributed by atoms with Gasteiger partial charge in [-0.25, -0.2) is 4.79 Å². The Morgan fingerprint density at radius 1 is 1.13 bits per heavy atom. The molecule has 0 atom stereocenters. The summed E-state index contributed by atoms with van der Waals surface area (Å²) >= 11 is 0. The maximum absolute atomic E-state index is 12.3. The van der Waals surface area contributed by atoms with Gasteiger partial charge in [-0.1, -0.05) is 30.3 Å². The van der Waals surface area contributed by atoms with E-state index < -0.39 is 5.60 Å². The van der Waals surface area contributed by atoms with Crippen molar-refractivity contribution in [1.29, 1.82) is 0 Å². The summed E-state index contributed by atoms with van der Waals surface area (Å²) < 4.78 is 5.68. The molecule has 2 aliphatic rings. The van der Waals surface area contributed by atoms with E-state index in [1.807, 2.05) is 18.2 Å². The van der Waals surface area contributed by atoms with Crippen LogP contribution < -0.4 is 0 Å². The summed E-state index contributed by atoms with van der Waals surface area (Å²) in [5, 5.41) is 20.0. The van der Waals surface area contributed by atoms with Crippen molar-refractivity contribution in [3.05, 3.63) is 47.2 Å². The van der Waals surface area contributed by atoms with Crippen molar-refractivity contribution in [2.45, 2.75) is 63.1 Å². The molecule has 1 heterocycles. The lowest BCUT2D eigenvalue weighted by Gasteiger charge is -2.41. The summed E-state index contributed by atoms with van der Waals surface area (Å²) in [5.74, 6) is -0.191. The molecule has 3 rings (SSSR count). The van der Waals surface area contributed by atoms with Gasteiger partial charge in [0.25, 0.3) is 0 Å². The van der Waals surface area contributed by atoms with Crippen molar-refractivity contribution < 1.29 is 19.7 Å². The Morgan fingerprint density at radius 2 is 1.83 bits per heavy atom. The van der Waals surface area contributed by atoms with Crippen LogP contribution in [0.15, 0.2) is 41.7 Å². The van der Waals surface area contributed by atoms with E-state index in [4.69, 9.17) is 4.74 Å². The monoisotopic (exact) mass is 316 g/mol. The smallest absolute Gasteiger partial charge is 0.337 e. The van der Waals surface area contributed by atoms with Gasteiger partial charge < -0.3 is 14.9 Å². The lowest BCUT2D eigenvalue weighted by atomic mass is 9.78. The molecule has 1 aromatic carbocycles. The number of benzene rings is 1. The number of carbonyl (C=O) groups is 1. The zero-order chi connectivity index (χ0) is 16.3. The minimum absolute atomic E-state index is 0.186. The number of aliphatic hydroxyl groups excluding tert-OH is 2. The van der Waals surface area contributed by atoms with Gasteiger partial charge in [-0.15, -0.1) is 0 Å². The van der Waals surface area contributed by atoms with Crippen LogP contribution in [0.3, 0.4) is 0 Å². The van der Waals surface area contributed by atoms with Crippen LogP contribution >= 0.6 is 0 Å². The van der Waals surface area contributed by atoms with Gasteiger partial charge in [0.2, 0.25) is 0 Å². The van der Waals surface area contributed by atoms with Crippen molar-refractivity contribution in [2.24, 2.45) is 0 Å². The highest BCUT2D eigenvalue weighted by Gasteiger charge is 2.43. The maximum atomic E-state index is 12.3. The van der Waals surface area contributed by atoms with Crippen molar-refractivity contribution >= 4 is 5.97 Å². The minimum Gasteiger partial charge on any atom is -0.512 e. The molecule has 1 aliphatic heterocycles. The molecular formula is C19H24O4. The number of aryl methyl sites for hydroxylation is 1. The van der Waals surface area contributed by atoms with E-state index >= 15 is 0 Å². The second-order valence-electron chi connectivity index (χ2n) is 6.74. The molecule has 0 saturated heterocycles. The topological polar surface area (TPSA) is 66.8 Å². The summed E-state index contributed by atoms with van der Waals surface area (Å²) in [7, 11) is 0. The van der Waals surface area contributed by atoms with Gasteiger partial charge in [-0.2, -0.15) is 0 Å². The zero-order valence-electron chi connectivity index (χ0n) is 13.3. The molecule has 1 aromatic rings. The summed E-state index contributed by atoms with van der Waals surface area (Å²) in [6, 6.07) is 10.1. The predicted octanol–water partition coefficient (Wildman–Crippen LogP) is 3.44. The van der Waals surface area contributed by atoms with E-state index in [2.05, 4.69) is 12.1 Å². The van der Waals surface area contributed by atoms with E-state index in [0.29, 0.717) is 44.1 Å². The molecule has 4 heteroatoms. The average Bonchev–Trinajstić information content (AvgIpc) is 2.54. The van der Waals surface area contributed by atoms with Gasteiger partial charge >= 0.3 is 5.97 Å². The van der Waals surface area contributed by atoms with Crippen LogP contribution in [0.2, 0.25) is 0 Å². The van der Waals surface area contributed by atoms with Gasteiger partial charge in [0.1, 0.15) is 11.4 Å². The standard InChI is InChI=1S/C19H24O4/c20-15-9-11-19(12-10-15)13-17(21)16(18(22)23-19)8-4-7-14-5-2-1-3-6-14/h1-3,5-6,15,20-21H,4,7-13H2. The Labute approximate surface area is 136 Å². The molecule has 4 nitrogen and oxygen atoms in total. The molecule has 124 valence electrons. The Kier molecular flexibility index (Phi) is 4.71. The van der Waals surface area contributed by atoms with Crippen molar-refractivity contribution in [2.75, 3.05) is 0 Å². The van der Waals surface area contributed by atoms with Crippen molar-refractivity contribution in [3.8, 4) is 0 Å². The van der Waals surface area contributed by atoms with Gasteiger partial charge in [0.05, 0.1) is 11.7 Å². The van der Waals surface area contributed by atoms with Gasteiger partial charge in [0, 0.05) is 6.42 Å². The maximum Gasteiger partial charge on any atom is 0.337 e. The van der Waals surface area contributed by atoms with Crippen LogP contribution in [0.5, 0.6) is 0 Å². The van der Waals surface area contributed by atoms with Gasteiger partial charge in [0.15, 0.2) is 0 Å². The molecule has 0 radical (unpaired) electrons. The number of ether oxygens (including phenoxy) is 1. The summed E-state index contributed by atoms with van der Waals surface area (Å²) in [4.78, 5) is 12.3. The molecule has 0 bridgehead atoms. The molecule has 0 unspecified atom stereocenters. The molecular weight excluding hydrogens is 292 g/mol. The SMILES string of the molecule is O=C1OC2(CCC(O)CC2)CC(O)=C1CCCc1ccccc1. The Bertz CT molecular complexity index is 583. The summed E-state index contributed by atoms with van der Waals surface area (Å²) in [6.07, 6.45) is 4.82. The highest BCUT2D eigenvalue weighted by Crippen LogP contribution is 2.41. The first-order chi connectivity index (χ1) is 11.1. The highest BCUT2D eigenvalue weighted by molar-refractivity contribution is 5.90. The number of aliphatic hydroxyl groups is 2. The second kappa shape index (κ2) is 6.75. The highest BCUT2D eigenvalue weighted by atomic mass is 16.6. The van der Waals surface area contributed by atoms with Gasteiger partial charge in [-0.3, -0.25) is 0 Å². The van der Waals surface area contributed by atoms with Crippen LogP contribution in [0.25, 0.3) is 0 Å². The fraction of sp³-hybridized carbons (Fsp3) is 0.526. The lowest BCUT2D eigenvalue weighted by molar-refractivity contribution is -0.165. The fourth-order valence-electron chi connectivity index (χ4n) is 3.59. The van der Waals surface area contributed by atoms with E-state index in [-0.39, 0.29) is 17.8 Å². The van der Waals surface area contributed by atoms with E-state index in [1.54, 1.807) is 0 Å².